The van der Waals surface area contributed by atoms with E-state index >= 15 is 0 Å². The van der Waals surface area contributed by atoms with Gasteiger partial charge in [0.15, 0.2) is 0 Å². The summed E-state index contributed by atoms with van der Waals surface area (Å²) in [5.74, 6) is -0.538. The molecule has 2 heterocycles. The van der Waals surface area contributed by atoms with Crippen molar-refractivity contribution in [1.82, 2.24) is 14.4 Å². The maximum atomic E-state index is 13.0. The van der Waals surface area contributed by atoms with E-state index in [0.717, 1.165) is 15.8 Å². The molecule has 0 aliphatic heterocycles. The first-order chi connectivity index (χ1) is 15.3. The predicted octanol–water partition coefficient (Wildman–Crippen LogP) is 3.22. The summed E-state index contributed by atoms with van der Waals surface area (Å²) in [5, 5.41) is 2.68. The molecule has 0 aliphatic rings. The zero-order valence-electron chi connectivity index (χ0n) is 16.5. The average molecular weight is 489 g/mol. The Morgan fingerprint density at radius 3 is 2.53 bits per heavy atom. The van der Waals surface area contributed by atoms with Crippen molar-refractivity contribution in [3.63, 3.8) is 0 Å². The minimum atomic E-state index is -3.78. The molecule has 164 valence electrons. The highest BCUT2D eigenvalue weighted by molar-refractivity contribution is 7.89. The van der Waals surface area contributed by atoms with E-state index in [-0.39, 0.29) is 17.9 Å². The Kier molecular flexibility index (Phi) is 6.38. The number of halogens is 1. The highest BCUT2D eigenvalue weighted by Crippen LogP contribution is 2.30. The number of hydrogen-bond donors (Lipinski definition) is 2. The Balaban J connectivity index is 1.45. The Labute approximate surface area is 192 Å². The van der Waals surface area contributed by atoms with Crippen LogP contribution in [0.25, 0.3) is 21.3 Å². The second-order valence-corrected chi connectivity index (χ2v) is 9.81. The van der Waals surface area contributed by atoms with Crippen LogP contribution in [0.3, 0.4) is 0 Å². The van der Waals surface area contributed by atoms with E-state index in [9.17, 15) is 18.0 Å². The average Bonchev–Trinajstić information content (AvgIpc) is 3.21. The van der Waals surface area contributed by atoms with Crippen LogP contribution in [0.5, 0.6) is 0 Å². The van der Waals surface area contributed by atoms with Gasteiger partial charge in [0.25, 0.3) is 5.56 Å². The van der Waals surface area contributed by atoms with Gasteiger partial charge in [-0.3, -0.25) is 15.0 Å². The van der Waals surface area contributed by atoms with Gasteiger partial charge < -0.3 is 0 Å². The monoisotopic (exact) mass is 488 g/mol. The van der Waals surface area contributed by atoms with E-state index < -0.39 is 21.5 Å². The number of benzene rings is 2. The van der Waals surface area contributed by atoms with Crippen molar-refractivity contribution < 1.29 is 13.2 Å². The van der Waals surface area contributed by atoms with Gasteiger partial charge in [0.2, 0.25) is 15.9 Å². The second kappa shape index (κ2) is 9.21. The largest absolute Gasteiger partial charge is 0.281 e. The molecule has 0 fully saturated rings. The fraction of sp³-hybridized carbons (Fsp3) is 0.0952. The van der Waals surface area contributed by atoms with Gasteiger partial charge in [-0.05, 0) is 29.8 Å². The molecule has 2 aromatic carbocycles. The van der Waals surface area contributed by atoms with Gasteiger partial charge in [-0.1, -0.05) is 41.9 Å². The molecule has 32 heavy (non-hydrogen) atoms. The number of nitrogens with zero attached hydrogens (tertiary/aromatic N) is 2. The van der Waals surface area contributed by atoms with Crippen molar-refractivity contribution in [2.45, 2.75) is 11.3 Å². The summed E-state index contributed by atoms with van der Waals surface area (Å²) in [4.78, 5) is 30.1. The fourth-order valence-corrected chi connectivity index (χ4v) is 5.09. The van der Waals surface area contributed by atoms with Crippen molar-refractivity contribution in [3.05, 3.63) is 81.7 Å². The van der Waals surface area contributed by atoms with Crippen LogP contribution in [-0.4, -0.2) is 30.5 Å². The highest BCUT2D eigenvalue weighted by Gasteiger charge is 2.16. The maximum absolute atomic E-state index is 13.0. The molecule has 2 aromatic heterocycles. The van der Waals surface area contributed by atoms with Crippen LogP contribution in [-0.2, 0) is 14.8 Å². The van der Waals surface area contributed by atoms with Crippen molar-refractivity contribution in [2.24, 2.45) is 0 Å². The predicted molar refractivity (Wildman–Crippen MR) is 125 cm³/mol. The van der Waals surface area contributed by atoms with Gasteiger partial charge >= 0.3 is 0 Å². The van der Waals surface area contributed by atoms with Crippen molar-refractivity contribution in [1.29, 1.82) is 0 Å². The SMILES string of the molecule is O=C(CCNS(=O)(=O)c1ccc(Cl)cc1)Nn1cnc2scc(-c3ccccc3)c2c1=O. The first-order valence-electron chi connectivity index (χ1n) is 9.44. The molecule has 2 N–H and O–H groups in total. The number of aromatic nitrogens is 2. The molecule has 8 nitrogen and oxygen atoms in total. The molecule has 0 radical (unpaired) electrons. The lowest BCUT2D eigenvalue weighted by Crippen LogP contribution is -2.35. The van der Waals surface area contributed by atoms with Crippen molar-refractivity contribution in [2.75, 3.05) is 12.0 Å². The van der Waals surface area contributed by atoms with Gasteiger partial charge in [-0.25, -0.2) is 22.8 Å². The molecule has 0 saturated heterocycles. The van der Waals surface area contributed by atoms with Gasteiger partial charge in [0.05, 0.1) is 10.3 Å². The van der Waals surface area contributed by atoms with Crippen molar-refractivity contribution in [3.8, 4) is 11.1 Å². The Morgan fingerprint density at radius 1 is 1.09 bits per heavy atom. The van der Waals surface area contributed by atoms with Crippen molar-refractivity contribution >= 4 is 49.1 Å². The number of carbonyl (C=O) groups excluding carboxylic acids is 1. The summed E-state index contributed by atoms with van der Waals surface area (Å²) in [6.45, 7) is -0.144. The van der Waals surface area contributed by atoms with E-state index in [1.165, 1.54) is 41.9 Å². The van der Waals surface area contributed by atoms with Crippen LogP contribution in [0.2, 0.25) is 5.02 Å². The summed E-state index contributed by atoms with van der Waals surface area (Å²) in [6.07, 6.45) is 1.07. The Morgan fingerprint density at radius 2 is 1.81 bits per heavy atom. The Hall–Kier alpha value is -3.05. The lowest BCUT2D eigenvalue weighted by Gasteiger charge is -2.09. The molecule has 0 spiro atoms. The summed E-state index contributed by atoms with van der Waals surface area (Å²) >= 11 is 7.11. The number of fused-ring (bicyclic) bond motifs is 1. The molecule has 0 saturated carbocycles. The number of rotatable bonds is 7. The number of sulfonamides is 1. The summed E-state index contributed by atoms with van der Waals surface area (Å²) in [6, 6.07) is 15.1. The molecular formula is C21H17ClN4O4S2. The standard InChI is InChI=1S/C21H17ClN4O4S2/c22-15-6-8-16(9-7-15)32(29,30)24-11-10-18(27)25-26-13-23-20-19(21(26)28)17(12-31-20)14-4-2-1-3-5-14/h1-9,12-13,24H,10-11H2,(H,25,27). The number of hydrogen-bond acceptors (Lipinski definition) is 6. The smallest absolute Gasteiger partial charge is 0.273 e. The maximum Gasteiger partial charge on any atom is 0.281 e. The van der Waals surface area contributed by atoms with Crippen LogP contribution >= 0.6 is 22.9 Å². The van der Waals surface area contributed by atoms with E-state index in [0.29, 0.717) is 15.2 Å². The van der Waals surface area contributed by atoms with Gasteiger partial charge in [0.1, 0.15) is 11.2 Å². The fourth-order valence-electron chi connectivity index (χ4n) is 3.03. The number of carbonyl (C=O) groups is 1. The minimum absolute atomic E-state index is 0.0408. The lowest BCUT2D eigenvalue weighted by molar-refractivity contribution is -0.117. The van der Waals surface area contributed by atoms with E-state index in [1.54, 1.807) is 0 Å². The summed E-state index contributed by atoms with van der Waals surface area (Å²) in [5.41, 5.74) is 3.66. The molecule has 0 aliphatic carbocycles. The molecule has 1 amide bonds. The van der Waals surface area contributed by atoms with Gasteiger partial charge in [-0.15, -0.1) is 11.3 Å². The van der Waals surface area contributed by atoms with Crippen LogP contribution in [0, 0.1) is 0 Å². The molecule has 4 rings (SSSR count). The zero-order chi connectivity index (χ0) is 22.7. The third-order valence-electron chi connectivity index (χ3n) is 4.59. The summed E-state index contributed by atoms with van der Waals surface area (Å²) < 4.78 is 27.9. The third kappa shape index (κ3) is 4.73. The highest BCUT2D eigenvalue weighted by atomic mass is 35.5. The lowest BCUT2D eigenvalue weighted by atomic mass is 10.1. The second-order valence-electron chi connectivity index (χ2n) is 6.75. The third-order valence-corrected chi connectivity index (χ3v) is 7.21. The van der Waals surface area contributed by atoms with Gasteiger partial charge in [0, 0.05) is 28.9 Å². The first kappa shape index (κ1) is 22.2. The van der Waals surface area contributed by atoms with Crippen LogP contribution in [0.15, 0.2) is 76.0 Å². The van der Waals surface area contributed by atoms with Gasteiger partial charge in [-0.2, -0.15) is 0 Å². The van der Waals surface area contributed by atoms with Crippen LogP contribution < -0.4 is 15.7 Å². The molecule has 4 aromatic rings. The quantitative estimate of drug-likeness (QED) is 0.415. The normalized spacial score (nSPS) is 11.5. The molecule has 0 bridgehead atoms. The minimum Gasteiger partial charge on any atom is -0.273 e. The van der Waals surface area contributed by atoms with E-state index in [2.05, 4.69) is 15.1 Å². The number of amides is 1. The van der Waals surface area contributed by atoms with Crippen LogP contribution in [0.1, 0.15) is 6.42 Å². The topological polar surface area (TPSA) is 110 Å². The first-order valence-corrected chi connectivity index (χ1v) is 12.2. The zero-order valence-corrected chi connectivity index (χ0v) is 18.9. The van der Waals surface area contributed by atoms with E-state index in [4.69, 9.17) is 11.6 Å². The molecule has 0 atom stereocenters. The summed E-state index contributed by atoms with van der Waals surface area (Å²) in [7, 11) is -3.78. The number of nitrogens with one attached hydrogen (secondary N) is 2. The van der Waals surface area contributed by atoms with Crippen LogP contribution in [0.4, 0.5) is 0 Å². The number of thiophene rings is 1. The Bertz CT molecular complexity index is 1430. The van der Waals surface area contributed by atoms with E-state index in [1.807, 2.05) is 35.7 Å². The molecule has 11 heteroatoms. The molecular weight excluding hydrogens is 472 g/mol. The molecule has 0 unspecified atom stereocenters.